The number of ketones is 1. The zero-order valence-electron chi connectivity index (χ0n) is 13.2. The Hall–Kier alpha value is -1.61. The van der Waals surface area contributed by atoms with E-state index in [1.165, 1.54) is 16.9 Å². The monoisotopic (exact) mass is 302 g/mol. The van der Waals surface area contributed by atoms with Crippen molar-refractivity contribution in [1.82, 2.24) is 0 Å². The van der Waals surface area contributed by atoms with Gasteiger partial charge in [-0.3, -0.25) is 4.79 Å². The Morgan fingerprint density at radius 2 is 1.71 bits per heavy atom. The lowest BCUT2D eigenvalue weighted by Gasteiger charge is -2.14. The lowest BCUT2D eigenvalue weighted by Crippen LogP contribution is -2.10. The van der Waals surface area contributed by atoms with E-state index in [9.17, 15) is 4.79 Å². The Morgan fingerprint density at radius 3 is 2.19 bits per heavy atom. The normalized spacial score (nSPS) is 10.7. The Kier molecular flexibility index (Phi) is 5.18. The highest BCUT2D eigenvalue weighted by Gasteiger charge is 2.21. The second-order valence-electron chi connectivity index (χ2n) is 5.00. The van der Waals surface area contributed by atoms with Crippen molar-refractivity contribution in [3.63, 3.8) is 0 Å². The van der Waals surface area contributed by atoms with Gasteiger partial charge in [0.25, 0.3) is 0 Å². The molecule has 0 amide bonds. The van der Waals surface area contributed by atoms with E-state index in [0.29, 0.717) is 10.6 Å². The van der Waals surface area contributed by atoms with Crippen molar-refractivity contribution < 1.29 is 9.53 Å². The molecule has 0 aliphatic heterocycles. The molecule has 0 spiro atoms. The Bertz CT molecular complexity index is 615. The smallest absolute Gasteiger partial charge is 0.207 e. The van der Waals surface area contributed by atoms with E-state index in [1.54, 1.807) is 7.11 Å². The molecule has 2 nitrogen and oxygen atoms in total. The maximum Gasteiger partial charge on any atom is 0.207 e. The summed E-state index contributed by atoms with van der Waals surface area (Å²) in [6.45, 7) is 6.37. The molecule has 0 atom stereocenters. The predicted molar refractivity (Wildman–Crippen MR) is 88.9 cm³/mol. The topological polar surface area (TPSA) is 26.3 Å². The van der Waals surface area contributed by atoms with Gasteiger partial charge in [0, 0.05) is 5.56 Å². The third-order valence-corrected chi connectivity index (χ3v) is 4.71. The molecule has 0 aliphatic rings. The maximum absolute atomic E-state index is 13.0. The SMILES string of the molecule is CCc1cc(CC)c(C(=O)c2sccc2OC)c(CC)c1. The largest absolute Gasteiger partial charge is 0.495 e. The molecule has 1 aromatic carbocycles. The van der Waals surface area contributed by atoms with Crippen LogP contribution in [0.2, 0.25) is 0 Å². The standard InChI is InChI=1S/C18H22O2S/c1-5-12-10-13(6-2)16(14(7-3)11-12)17(19)18-15(20-4)8-9-21-18/h8-11H,5-7H2,1-4H3. The fraction of sp³-hybridized carbons (Fsp3) is 0.389. The number of hydrogen-bond acceptors (Lipinski definition) is 3. The molecule has 2 aromatic rings. The van der Waals surface area contributed by atoms with Gasteiger partial charge in [0.1, 0.15) is 10.6 Å². The van der Waals surface area contributed by atoms with E-state index in [2.05, 4.69) is 32.9 Å². The number of aryl methyl sites for hydroxylation is 3. The van der Waals surface area contributed by atoms with Crippen molar-refractivity contribution in [3.05, 3.63) is 50.7 Å². The number of rotatable bonds is 6. The van der Waals surface area contributed by atoms with Crippen LogP contribution in [-0.4, -0.2) is 12.9 Å². The molecule has 112 valence electrons. The molecule has 21 heavy (non-hydrogen) atoms. The highest BCUT2D eigenvalue weighted by molar-refractivity contribution is 7.12. The van der Waals surface area contributed by atoms with Crippen molar-refractivity contribution in [2.75, 3.05) is 7.11 Å². The van der Waals surface area contributed by atoms with Gasteiger partial charge >= 0.3 is 0 Å². The van der Waals surface area contributed by atoms with E-state index < -0.39 is 0 Å². The number of carbonyl (C=O) groups excluding carboxylic acids is 1. The van der Waals surface area contributed by atoms with Crippen molar-refractivity contribution in [1.29, 1.82) is 0 Å². The van der Waals surface area contributed by atoms with Crippen LogP contribution in [0.5, 0.6) is 5.75 Å². The first kappa shape index (κ1) is 15.8. The highest BCUT2D eigenvalue weighted by atomic mass is 32.1. The molecular weight excluding hydrogens is 280 g/mol. The fourth-order valence-corrected chi connectivity index (χ4v) is 3.43. The van der Waals surface area contributed by atoms with Gasteiger partial charge in [-0.05, 0) is 47.4 Å². The number of carbonyl (C=O) groups is 1. The summed E-state index contributed by atoms with van der Waals surface area (Å²) in [5.74, 6) is 0.770. The molecule has 0 radical (unpaired) electrons. The molecule has 0 saturated carbocycles. The van der Waals surface area contributed by atoms with Crippen molar-refractivity contribution in [2.45, 2.75) is 40.0 Å². The minimum atomic E-state index is 0.0956. The van der Waals surface area contributed by atoms with Crippen LogP contribution in [0.4, 0.5) is 0 Å². The summed E-state index contributed by atoms with van der Waals surface area (Å²) in [6.07, 6.45) is 2.74. The molecule has 3 heteroatoms. The minimum absolute atomic E-state index is 0.0956. The van der Waals surface area contributed by atoms with Crippen LogP contribution in [0.3, 0.4) is 0 Å². The third-order valence-electron chi connectivity index (χ3n) is 3.81. The quantitative estimate of drug-likeness (QED) is 0.725. The molecule has 1 heterocycles. The molecule has 0 N–H and O–H groups in total. The second kappa shape index (κ2) is 6.90. The summed E-state index contributed by atoms with van der Waals surface area (Å²) < 4.78 is 5.31. The number of hydrogen-bond donors (Lipinski definition) is 0. The third kappa shape index (κ3) is 3.03. The summed E-state index contributed by atoms with van der Waals surface area (Å²) in [7, 11) is 1.61. The molecule has 0 aliphatic carbocycles. The molecule has 0 saturated heterocycles. The Morgan fingerprint density at radius 1 is 1.10 bits per heavy atom. The zero-order valence-corrected chi connectivity index (χ0v) is 14.0. The summed E-state index contributed by atoms with van der Waals surface area (Å²) in [5.41, 5.74) is 4.47. The van der Waals surface area contributed by atoms with E-state index >= 15 is 0 Å². The van der Waals surface area contributed by atoms with Crippen molar-refractivity contribution in [3.8, 4) is 5.75 Å². The molecule has 1 aromatic heterocycles. The summed E-state index contributed by atoms with van der Waals surface area (Å²) in [5, 5.41) is 1.91. The maximum atomic E-state index is 13.0. The molecule has 2 rings (SSSR count). The Balaban J connectivity index is 2.59. The van der Waals surface area contributed by atoms with E-state index in [1.807, 2.05) is 11.4 Å². The summed E-state index contributed by atoms with van der Waals surface area (Å²) in [6, 6.07) is 6.20. The summed E-state index contributed by atoms with van der Waals surface area (Å²) in [4.78, 5) is 13.7. The zero-order chi connectivity index (χ0) is 15.4. The molecule has 0 unspecified atom stereocenters. The average Bonchev–Trinajstić information content (AvgIpc) is 3.01. The first-order chi connectivity index (χ1) is 10.2. The van der Waals surface area contributed by atoms with Crippen LogP contribution in [0.25, 0.3) is 0 Å². The van der Waals surface area contributed by atoms with E-state index in [0.717, 1.165) is 36.0 Å². The van der Waals surface area contributed by atoms with Gasteiger partial charge in [-0.25, -0.2) is 0 Å². The van der Waals surface area contributed by atoms with Crippen LogP contribution in [0.1, 0.15) is 52.7 Å². The molecule has 0 bridgehead atoms. The van der Waals surface area contributed by atoms with Crippen molar-refractivity contribution in [2.24, 2.45) is 0 Å². The number of thiophene rings is 1. The van der Waals surface area contributed by atoms with Crippen LogP contribution in [0, 0.1) is 0 Å². The summed E-state index contributed by atoms with van der Waals surface area (Å²) >= 11 is 1.45. The first-order valence-electron chi connectivity index (χ1n) is 7.47. The number of benzene rings is 1. The Labute approximate surface area is 130 Å². The van der Waals surface area contributed by atoms with Gasteiger partial charge < -0.3 is 4.74 Å². The van der Waals surface area contributed by atoms with Crippen molar-refractivity contribution >= 4 is 17.1 Å². The number of methoxy groups -OCH3 is 1. The lowest BCUT2D eigenvalue weighted by molar-refractivity contribution is 0.103. The van der Waals surface area contributed by atoms with Crippen LogP contribution < -0.4 is 4.74 Å². The first-order valence-corrected chi connectivity index (χ1v) is 8.34. The van der Waals surface area contributed by atoms with Crippen LogP contribution in [-0.2, 0) is 19.3 Å². The van der Waals surface area contributed by atoms with E-state index in [-0.39, 0.29) is 5.78 Å². The minimum Gasteiger partial charge on any atom is -0.495 e. The van der Waals surface area contributed by atoms with Crippen LogP contribution in [0.15, 0.2) is 23.6 Å². The van der Waals surface area contributed by atoms with Gasteiger partial charge in [-0.15, -0.1) is 11.3 Å². The number of ether oxygens (including phenoxy) is 1. The van der Waals surface area contributed by atoms with E-state index in [4.69, 9.17) is 4.74 Å². The predicted octanol–water partition coefficient (Wildman–Crippen LogP) is 4.67. The highest BCUT2D eigenvalue weighted by Crippen LogP contribution is 2.30. The van der Waals surface area contributed by atoms with Crippen LogP contribution >= 0.6 is 11.3 Å². The second-order valence-corrected chi connectivity index (χ2v) is 5.91. The molecular formula is C18H22O2S. The van der Waals surface area contributed by atoms with Gasteiger partial charge in [0.15, 0.2) is 0 Å². The van der Waals surface area contributed by atoms with Gasteiger partial charge in [0.2, 0.25) is 5.78 Å². The van der Waals surface area contributed by atoms with Gasteiger partial charge in [-0.2, -0.15) is 0 Å². The average molecular weight is 302 g/mol. The lowest BCUT2D eigenvalue weighted by atomic mass is 9.90. The van der Waals surface area contributed by atoms with Gasteiger partial charge in [0.05, 0.1) is 7.11 Å². The van der Waals surface area contributed by atoms with Gasteiger partial charge in [-0.1, -0.05) is 32.9 Å². The fourth-order valence-electron chi connectivity index (χ4n) is 2.63. The molecule has 0 fully saturated rings.